The van der Waals surface area contributed by atoms with Gasteiger partial charge in [-0.25, -0.2) is 4.99 Å². The number of guanidine groups is 1. The molecule has 1 fully saturated rings. The van der Waals surface area contributed by atoms with Crippen LogP contribution < -0.4 is 10.6 Å². The third kappa shape index (κ3) is 7.46. The Labute approximate surface area is 163 Å². The van der Waals surface area contributed by atoms with Crippen molar-refractivity contribution >= 4 is 5.96 Å². The van der Waals surface area contributed by atoms with Crippen LogP contribution in [0.25, 0.3) is 0 Å². The van der Waals surface area contributed by atoms with Crippen LogP contribution in [-0.2, 0) is 18.3 Å². The second-order valence-corrected chi connectivity index (χ2v) is 7.27. The van der Waals surface area contributed by atoms with Crippen molar-refractivity contribution in [2.75, 3.05) is 39.9 Å². The number of hydrogen-bond donors (Lipinski definition) is 2. The highest BCUT2D eigenvalue weighted by molar-refractivity contribution is 5.80. The van der Waals surface area contributed by atoms with Gasteiger partial charge in [0.1, 0.15) is 12.4 Å². The maximum Gasteiger partial charge on any atom is 0.191 e. The van der Waals surface area contributed by atoms with Crippen molar-refractivity contribution in [1.29, 1.82) is 0 Å². The molecule has 1 aromatic heterocycles. The van der Waals surface area contributed by atoms with Crippen LogP contribution in [0.3, 0.4) is 0 Å². The molecule has 27 heavy (non-hydrogen) atoms. The lowest BCUT2D eigenvalue weighted by Gasteiger charge is -2.33. The van der Waals surface area contributed by atoms with Gasteiger partial charge in [-0.1, -0.05) is 13.3 Å². The van der Waals surface area contributed by atoms with E-state index in [0.717, 1.165) is 63.1 Å². The predicted octanol–water partition coefficient (Wildman–Crippen LogP) is 1.46. The number of methoxy groups -OCH3 is 1. The monoisotopic (exact) mass is 379 g/mol. The standard InChI is InChI=1S/C19H37N7O/c1-5-6-11-26-12-8-17(9-13-26)22-19(20-10-7-14-27-4)21-15-18-24-23-16(2)25(18)3/h17H,5-15H2,1-4H3,(H2,20,21,22). The number of nitrogens with one attached hydrogen (secondary N) is 2. The van der Waals surface area contributed by atoms with E-state index in [1.807, 2.05) is 18.5 Å². The van der Waals surface area contributed by atoms with Crippen molar-refractivity contribution in [2.45, 2.75) is 58.5 Å². The average molecular weight is 380 g/mol. The van der Waals surface area contributed by atoms with Gasteiger partial charge in [0.05, 0.1) is 0 Å². The zero-order valence-electron chi connectivity index (χ0n) is 17.5. The molecule has 8 heteroatoms. The number of unbranched alkanes of at least 4 members (excludes halogenated alkanes) is 1. The Bertz CT molecular complexity index is 564. The predicted molar refractivity (Wildman–Crippen MR) is 109 cm³/mol. The molecular formula is C19H37N7O. The fourth-order valence-corrected chi connectivity index (χ4v) is 3.19. The van der Waals surface area contributed by atoms with Crippen molar-refractivity contribution in [3.63, 3.8) is 0 Å². The summed E-state index contributed by atoms with van der Waals surface area (Å²) >= 11 is 0. The summed E-state index contributed by atoms with van der Waals surface area (Å²) in [5.41, 5.74) is 0. The van der Waals surface area contributed by atoms with Gasteiger partial charge in [-0.15, -0.1) is 10.2 Å². The molecule has 2 N–H and O–H groups in total. The molecule has 1 aromatic rings. The van der Waals surface area contributed by atoms with Crippen LogP contribution in [0.4, 0.5) is 0 Å². The number of ether oxygens (including phenoxy) is 1. The highest BCUT2D eigenvalue weighted by Gasteiger charge is 2.19. The van der Waals surface area contributed by atoms with Gasteiger partial charge >= 0.3 is 0 Å². The Morgan fingerprint density at radius 2 is 2.04 bits per heavy atom. The molecule has 2 heterocycles. The van der Waals surface area contributed by atoms with Crippen LogP contribution in [0.15, 0.2) is 4.99 Å². The first-order valence-electron chi connectivity index (χ1n) is 10.2. The molecule has 0 saturated carbocycles. The Morgan fingerprint density at radius 1 is 1.26 bits per heavy atom. The van der Waals surface area contributed by atoms with Gasteiger partial charge in [-0.05, 0) is 39.2 Å². The highest BCUT2D eigenvalue weighted by Crippen LogP contribution is 2.11. The first-order valence-corrected chi connectivity index (χ1v) is 10.2. The van der Waals surface area contributed by atoms with Crippen molar-refractivity contribution < 1.29 is 4.74 Å². The number of rotatable bonds is 10. The van der Waals surface area contributed by atoms with E-state index in [1.165, 1.54) is 19.4 Å². The fourth-order valence-electron chi connectivity index (χ4n) is 3.19. The number of aromatic nitrogens is 3. The summed E-state index contributed by atoms with van der Waals surface area (Å²) in [4.78, 5) is 7.32. The van der Waals surface area contributed by atoms with E-state index < -0.39 is 0 Å². The molecule has 8 nitrogen and oxygen atoms in total. The summed E-state index contributed by atoms with van der Waals surface area (Å²) in [5, 5.41) is 15.4. The third-order valence-corrected chi connectivity index (χ3v) is 5.14. The van der Waals surface area contributed by atoms with Crippen LogP contribution in [0, 0.1) is 6.92 Å². The SMILES string of the molecule is CCCCN1CCC(NC(=NCc2nnc(C)n2C)NCCCOC)CC1. The summed E-state index contributed by atoms with van der Waals surface area (Å²) in [5.74, 6) is 2.64. The molecule has 0 aliphatic carbocycles. The van der Waals surface area contributed by atoms with Crippen molar-refractivity contribution in [3.05, 3.63) is 11.6 Å². The lowest BCUT2D eigenvalue weighted by molar-refractivity contribution is 0.195. The highest BCUT2D eigenvalue weighted by atomic mass is 16.5. The van der Waals surface area contributed by atoms with E-state index in [4.69, 9.17) is 9.73 Å². The smallest absolute Gasteiger partial charge is 0.191 e. The molecule has 0 unspecified atom stereocenters. The van der Waals surface area contributed by atoms with E-state index in [2.05, 4.69) is 32.7 Å². The lowest BCUT2D eigenvalue weighted by Crippen LogP contribution is -2.49. The Kier molecular flexibility index (Phi) is 9.55. The van der Waals surface area contributed by atoms with Gasteiger partial charge < -0.3 is 24.8 Å². The molecule has 0 spiro atoms. The summed E-state index contributed by atoms with van der Waals surface area (Å²) < 4.78 is 7.12. The normalized spacial score (nSPS) is 16.7. The van der Waals surface area contributed by atoms with Crippen LogP contribution in [0.2, 0.25) is 0 Å². The van der Waals surface area contributed by atoms with E-state index in [0.29, 0.717) is 12.6 Å². The molecule has 0 atom stereocenters. The number of aryl methyl sites for hydroxylation is 1. The second-order valence-electron chi connectivity index (χ2n) is 7.27. The number of piperidine rings is 1. The average Bonchev–Trinajstić information content (AvgIpc) is 3.00. The van der Waals surface area contributed by atoms with Crippen LogP contribution in [0.5, 0.6) is 0 Å². The van der Waals surface area contributed by atoms with E-state index in [-0.39, 0.29) is 0 Å². The minimum atomic E-state index is 0.470. The maximum absolute atomic E-state index is 5.14. The minimum absolute atomic E-state index is 0.470. The van der Waals surface area contributed by atoms with Gasteiger partial charge in [0.15, 0.2) is 11.8 Å². The van der Waals surface area contributed by atoms with E-state index >= 15 is 0 Å². The van der Waals surface area contributed by atoms with Gasteiger partial charge in [0, 0.05) is 46.4 Å². The van der Waals surface area contributed by atoms with Crippen LogP contribution in [0.1, 0.15) is 50.7 Å². The summed E-state index contributed by atoms with van der Waals surface area (Å²) in [6, 6.07) is 0.470. The zero-order valence-corrected chi connectivity index (χ0v) is 17.5. The summed E-state index contributed by atoms with van der Waals surface area (Å²) in [6.45, 7) is 9.87. The molecule has 1 aliphatic heterocycles. The van der Waals surface area contributed by atoms with Gasteiger partial charge in [0.25, 0.3) is 0 Å². The topological polar surface area (TPSA) is 79.6 Å². The fraction of sp³-hybridized carbons (Fsp3) is 0.842. The number of likely N-dealkylation sites (tertiary alicyclic amines) is 1. The molecule has 0 bridgehead atoms. The minimum Gasteiger partial charge on any atom is -0.385 e. The second kappa shape index (κ2) is 11.9. The summed E-state index contributed by atoms with van der Waals surface area (Å²) in [6.07, 6.45) is 5.83. The lowest BCUT2D eigenvalue weighted by atomic mass is 10.0. The first kappa shape index (κ1) is 21.6. The van der Waals surface area contributed by atoms with Crippen LogP contribution >= 0.6 is 0 Å². The zero-order chi connectivity index (χ0) is 19.5. The third-order valence-electron chi connectivity index (χ3n) is 5.14. The molecule has 0 amide bonds. The number of nitrogens with zero attached hydrogens (tertiary/aromatic N) is 5. The quantitative estimate of drug-likeness (QED) is 0.364. The van der Waals surface area contributed by atoms with Crippen LogP contribution in [-0.4, -0.2) is 71.6 Å². The Balaban J connectivity index is 1.88. The molecule has 0 radical (unpaired) electrons. The molecule has 1 saturated heterocycles. The molecule has 2 rings (SSSR count). The maximum atomic E-state index is 5.14. The number of hydrogen-bond acceptors (Lipinski definition) is 5. The van der Waals surface area contributed by atoms with Gasteiger partial charge in [0.2, 0.25) is 0 Å². The van der Waals surface area contributed by atoms with Crippen molar-refractivity contribution in [2.24, 2.45) is 12.0 Å². The van der Waals surface area contributed by atoms with Gasteiger partial charge in [-0.3, -0.25) is 0 Å². The summed E-state index contributed by atoms with van der Waals surface area (Å²) in [7, 11) is 3.71. The largest absolute Gasteiger partial charge is 0.385 e. The van der Waals surface area contributed by atoms with Crippen molar-refractivity contribution in [3.8, 4) is 0 Å². The Hall–Kier alpha value is -1.67. The molecule has 154 valence electrons. The first-order chi connectivity index (χ1) is 13.1. The van der Waals surface area contributed by atoms with Gasteiger partial charge in [-0.2, -0.15) is 0 Å². The molecule has 0 aromatic carbocycles. The molecule has 1 aliphatic rings. The van der Waals surface area contributed by atoms with Crippen molar-refractivity contribution in [1.82, 2.24) is 30.3 Å². The Morgan fingerprint density at radius 3 is 2.67 bits per heavy atom. The van der Waals surface area contributed by atoms with E-state index in [1.54, 1.807) is 7.11 Å². The molecular weight excluding hydrogens is 342 g/mol. The number of aliphatic imine (C=N–C) groups is 1. The van der Waals surface area contributed by atoms with E-state index in [9.17, 15) is 0 Å².